The average Bonchev–Trinajstić information content (AvgIpc) is 2.01. The van der Waals surface area contributed by atoms with Crippen LogP contribution in [0.1, 0.15) is 46.0 Å². The normalized spacial score (nSPS) is 31.3. The Kier molecular flexibility index (Phi) is 3.07. The number of hydrogen-bond acceptors (Lipinski definition) is 1. The van der Waals surface area contributed by atoms with Crippen LogP contribution in [0.3, 0.4) is 0 Å². The van der Waals surface area contributed by atoms with Crippen molar-refractivity contribution in [1.82, 2.24) is 0 Å². The predicted octanol–water partition coefficient (Wildman–Crippen LogP) is 3.10. The van der Waals surface area contributed by atoms with Gasteiger partial charge in [0.05, 0.1) is 0 Å². The van der Waals surface area contributed by atoms with Gasteiger partial charge in [-0.1, -0.05) is 26.0 Å². The Bertz CT molecular complexity index is 193. The molecule has 1 atom stereocenters. The Hall–Kier alpha value is -0.590. The molecule has 0 heterocycles. The lowest BCUT2D eigenvalue weighted by Gasteiger charge is -2.29. The smallest absolute Gasteiger partial charge is 0.133 e. The third kappa shape index (κ3) is 2.47. The first kappa shape index (κ1) is 9.50. The van der Waals surface area contributed by atoms with Gasteiger partial charge in [-0.2, -0.15) is 0 Å². The minimum atomic E-state index is 0.172. The molecule has 0 aromatic carbocycles. The van der Waals surface area contributed by atoms with Crippen LogP contribution in [0.25, 0.3) is 0 Å². The van der Waals surface area contributed by atoms with Gasteiger partial charge in [0.1, 0.15) is 5.78 Å². The first-order chi connectivity index (χ1) is 5.66. The first-order valence-electron chi connectivity index (χ1n) is 4.86. The summed E-state index contributed by atoms with van der Waals surface area (Å²) in [6, 6.07) is 0. The summed E-state index contributed by atoms with van der Waals surface area (Å²) in [5.74, 6) is 0.435. The molecule has 0 aromatic heterocycles. The Morgan fingerprint density at radius 1 is 1.58 bits per heavy atom. The Morgan fingerprint density at radius 2 is 2.33 bits per heavy atom. The SMILES string of the molecule is CC/C=C/C1(C)CCCC(=O)C1. The van der Waals surface area contributed by atoms with E-state index in [0.717, 1.165) is 25.7 Å². The molecule has 0 radical (unpaired) electrons. The van der Waals surface area contributed by atoms with Crippen LogP contribution < -0.4 is 0 Å². The van der Waals surface area contributed by atoms with Gasteiger partial charge in [0.15, 0.2) is 0 Å². The molecular formula is C11H18O. The highest BCUT2D eigenvalue weighted by Gasteiger charge is 2.28. The van der Waals surface area contributed by atoms with Gasteiger partial charge in [-0.3, -0.25) is 4.79 Å². The maximum atomic E-state index is 11.2. The van der Waals surface area contributed by atoms with Crippen molar-refractivity contribution in [2.75, 3.05) is 0 Å². The highest BCUT2D eigenvalue weighted by atomic mass is 16.1. The molecule has 0 spiro atoms. The molecule has 0 aliphatic heterocycles. The van der Waals surface area contributed by atoms with Crippen LogP contribution in [0.5, 0.6) is 0 Å². The summed E-state index contributed by atoms with van der Waals surface area (Å²) < 4.78 is 0. The van der Waals surface area contributed by atoms with Crippen molar-refractivity contribution in [3.8, 4) is 0 Å². The van der Waals surface area contributed by atoms with E-state index in [1.54, 1.807) is 0 Å². The maximum Gasteiger partial charge on any atom is 0.133 e. The lowest BCUT2D eigenvalue weighted by atomic mass is 9.75. The summed E-state index contributed by atoms with van der Waals surface area (Å²) in [4.78, 5) is 11.2. The summed E-state index contributed by atoms with van der Waals surface area (Å²) in [6.45, 7) is 4.32. The standard InChI is InChI=1S/C11H18O/c1-3-4-7-11(2)8-5-6-10(12)9-11/h4,7H,3,5-6,8-9H2,1-2H3/b7-4+. The molecule has 0 bridgehead atoms. The van der Waals surface area contributed by atoms with Gasteiger partial charge in [0.25, 0.3) is 0 Å². The fraction of sp³-hybridized carbons (Fsp3) is 0.727. The van der Waals surface area contributed by atoms with Crippen LogP contribution in [0, 0.1) is 5.41 Å². The van der Waals surface area contributed by atoms with E-state index in [-0.39, 0.29) is 5.41 Å². The monoisotopic (exact) mass is 166 g/mol. The van der Waals surface area contributed by atoms with E-state index in [1.807, 2.05) is 0 Å². The number of Topliss-reactive ketones (excluding diaryl/α,β-unsaturated/α-hetero) is 1. The number of carbonyl (C=O) groups excluding carboxylic acids is 1. The molecule has 1 fully saturated rings. The zero-order valence-corrected chi connectivity index (χ0v) is 8.10. The van der Waals surface area contributed by atoms with E-state index < -0.39 is 0 Å². The van der Waals surface area contributed by atoms with Crippen molar-refractivity contribution in [3.63, 3.8) is 0 Å². The molecule has 0 amide bonds. The van der Waals surface area contributed by atoms with Crippen molar-refractivity contribution in [2.45, 2.75) is 46.0 Å². The summed E-state index contributed by atoms with van der Waals surface area (Å²) in [5.41, 5.74) is 0.172. The molecule has 1 aliphatic carbocycles. The molecule has 1 saturated carbocycles. The van der Waals surface area contributed by atoms with E-state index in [2.05, 4.69) is 26.0 Å². The van der Waals surface area contributed by atoms with Crippen molar-refractivity contribution < 1.29 is 4.79 Å². The fourth-order valence-electron chi connectivity index (χ4n) is 1.86. The third-order valence-electron chi connectivity index (χ3n) is 2.56. The van der Waals surface area contributed by atoms with E-state index >= 15 is 0 Å². The lowest BCUT2D eigenvalue weighted by molar-refractivity contribution is -0.122. The number of rotatable bonds is 2. The Balaban J connectivity index is 2.57. The van der Waals surface area contributed by atoms with Crippen molar-refractivity contribution in [1.29, 1.82) is 0 Å². The number of allylic oxidation sites excluding steroid dienone is 2. The Morgan fingerprint density at radius 3 is 2.92 bits per heavy atom. The minimum absolute atomic E-state index is 0.172. The van der Waals surface area contributed by atoms with Crippen LogP contribution in [0.2, 0.25) is 0 Å². The third-order valence-corrected chi connectivity index (χ3v) is 2.56. The molecule has 1 heteroatoms. The molecule has 1 unspecified atom stereocenters. The highest BCUT2D eigenvalue weighted by Crippen LogP contribution is 2.35. The Labute approximate surface area is 74.9 Å². The summed E-state index contributed by atoms with van der Waals surface area (Å²) in [7, 11) is 0. The van der Waals surface area contributed by atoms with Crippen LogP contribution in [0.4, 0.5) is 0 Å². The van der Waals surface area contributed by atoms with Crippen molar-refractivity contribution in [3.05, 3.63) is 12.2 Å². The second kappa shape index (κ2) is 3.88. The fourth-order valence-corrected chi connectivity index (χ4v) is 1.86. The average molecular weight is 166 g/mol. The molecule has 0 saturated heterocycles. The molecular weight excluding hydrogens is 148 g/mol. The summed E-state index contributed by atoms with van der Waals surface area (Å²) >= 11 is 0. The second-order valence-corrected chi connectivity index (χ2v) is 4.03. The maximum absolute atomic E-state index is 11.2. The number of ketones is 1. The highest BCUT2D eigenvalue weighted by molar-refractivity contribution is 5.80. The van der Waals surface area contributed by atoms with Crippen molar-refractivity contribution >= 4 is 5.78 Å². The molecule has 68 valence electrons. The van der Waals surface area contributed by atoms with Crippen molar-refractivity contribution in [2.24, 2.45) is 5.41 Å². The quantitative estimate of drug-likeness (QED) is 0.576. The van der Waals surface area contributed by atoms with Crippen LogP contribution in [-0.4, -0.2) is 5.78 Å². The molecule has 0 aromatic rings. The number of hydrogen-bond donors (Lipinski definition) is 0. The largest absolute Gasteiger partial charge is 0.300 e. The van der Waals surface area contributed by atoms with Crippen LogP contribution >= 0.6 is 0 Å². The first-order valence-corrected chi connectivity index (χ1v) is 4.86. The second-order valence-electron chi connectivity index (χ2n) is 4.03. The van der Waals surface area contributed by atoms with Gasteiger partial charge in [0, 0.05) is 12.8 Å². The van der Waals surface area contributed by atoms with Gasteiger partial charge in [-0.25, -0.2) is 0 Å². The summed E-state index contributed by atoms with van der Waals surface area (Å²) in [5, 5.41) is 0. The van der Waals surface area contributed by atoms with Crippen LogP contribution in [0.15, 0.2) is 12.2 Å². The van der Waals surface area contributed by atoms with E-state index in [4.69, 9.17) is 0 Å². The molecule has 1 rings (SSSR count). The van der Waals surface area contributed by atoms with Crippen LogP contribution in [-0.2, 0) is 4.79 Å². The van der Waals surface area contributed by atoms with Gasteiger partial charge < -0.3 is 0 Å². The zero-order chi connectivity index (χ0) is 9.03. The van der Waals surface area contributed by atoms with Gasteiger partial charge in [-0.05, 0) is 24.7 Å². The van der Waals surface area contributed by atoms with E-state index in [9.17, 15) is 4.79 Å². The zero-order valence-electron chi connectivity index (χ0n) is 8.10. The predicted molar refractivity (Wildman–Crippen MR) is 51.0 cm³/mol. The van der Waals surface area contributed by atoms with Gasteiger partial charge in [-0.15, -0.1) is 0 Å². The van der Waals surface area contributed by atoms with E-state index in [0.29, 0.717) is 5.78 Å². The molecule has 1 nitrogen and oxygen atoms in total. The number of carbonyl (C=O) groups is 1. The topological polar surface area (TPSA) is 17.1 Å². The summed E-state index contributed by atoms with van der Waals surface area (Å²) in [6.07, 6.45) is 9.28. The van der Waals surface area contributed by atoms with E-state index in [1.165, 1.54) is 6.42 Å². The lowest BCUT2D eigenvalue weighted by Crippen LogP contribution is -2.23. The molecule has 0 N–H and O–H groups in total. The minimum Gasteiger partial charge on any atom is -0.300 e. The molecule has 1 aliphatic rings. The van der Waals surface area contributed by atoms with Gasteiger partial charge in [0.2, 0.25) is 0 Å². The van der Waals surface area contributed by atoms with Gasteiger partial charge >= 0.3 is 0 Å². The molecule has 12 heavy (non-hydrogen) atoms.